The number of amides is 2. The lowest BCUT2D eigenvalue weighted by atomic mass is 10.0. The van der Waals surface area contributed by atoms with E-state index in [1.807, 2.05) is 37.3 Å². The van der Waals surface area contributed by atoms with Crippen LogP contribution in [-0.4, -0.2) is 51.4 Å². The molecule has 0 spiro atoms. The monoisotopic (exact) mass is 715 g/mol. The van der Waals surface area contributed by atoms with Crippen molar-refractivity contribution in [3.8, 4) is 5.75 Å². The van der Waals surface area contributed by atoms with Gasteiger partial charge in [-0.1, -0.05) is 90.6 Å². The Hall–Kier alpha value is -3.76. The number of sulfonamides is 1. The van der Waals surface area contributed by atoms with Gasteiger partial charge in [-0.25, -0.2) is 8.42 Å². The number of ether oxygens (including phenoxy) is 1. The molecule has 0 heterocycles. The molecule has 0 aromatic heterocycles. The van der Waals surface area contributed by atoms with Crippen LogP contribution >= 0.6 is 34.8 Å². The lowest BCUT2D eigenvalue weighted by molar-refractivity contribution is -0.140. The van der Waals surface area contributed by atoms with Crippen LogP contribution in [0.2, 0.25) is 15.1 Å². The van der Waals surface area contributed by atoms with Gasteiger partial charge in [0.2, 0.25) is 11.8 Å². The Balaban J connectivity index is 1.80. The van der Waals surface area contributed by atoms with Crippen molar-refractivity contribution in [3.63, 3.8) is 0 Å². The molecule has 2 amide bonds. The van der Waals surface area contributed by atoms with Gasteiger partial charge >= 0.3 is 0 Å². The molecule has 4 rings (SSSR count). The van der Waals surface area contributed by atoms with E-state index in [9.17, 15) is 18.0 Å². The maximum Gasteiger partial charge on any atom is 0.264 e. The highest BCUT2D eigenvalue weighted by molar-refractivity contribution is 7.92. The minimum absolute atomic E-state index is 0.0413. The summed E-state index contributed by atoms with van der Waals surface area (Å²) >= 11 is 18.8. The van der Waals surface area contributed by atoms with Crippen LogP contribution in [0.25, 0.3) is 0 Å². The normalized spacial score (nSPS) is 11.9. The molecule has 0 radical (unpaired) electrons. The number of halogens is 3. The number of nitrogens with zero attached hydrogens (tertiary/aromatic N) is 2. The van der Waals surface area contributed by atoms with E-state index in [4.69, 9.17) is 39.5 Å². The first-order chi connectivity index (χ1) is 22.5. The fraction of sp³-hybridized carbons (Fsp3) is 0.257. The van der Waals surface area contributed by atoms with Crippen LogP contribution in [-0.2, 0) is 32.6 Å². The quantitative estimate of drug-likeness (QED) is 0.129. The number of unbranched alkanes of at least 4 members (excludes halogenated alkanes) is 1. The van der Waals surface area contributed by atoms with Crippen LogP contribution in [0.3, 0.4) is 0 Å². The zero-order valence-electron chi connectivity index (χ0n) is 26.0. The third-order valence-electron chi connectivity index (χ3n) is 7.46. The first-order valence-electron chi connectivity index (χ1n) is 15.0. The summed E-state index contributed by atoms with van der Waals surface area (Å²) < 4.78 is 34.5. The third-order valence-corrected chi connectivity index (χ3v) is 10.2. The molecular formula is C35H36Cl3N3O5S. The first kappa shape index (κ1) is 36.1. The van der Waals surface area contributed by atoms with Gasteiger partial charge in [-0.2, -0.15) is 0 Å². The van der Waals surface area contributed by atoms with E-state index in [1.54, 1.807) is 36.4 Å². The van der Waals surface area contributed by atoms with Crippen molar-refractivity contribution in [2.45, 2.75) is 43.7 Å². The number of carbonyl (C=O) groups excluding carboxylic acids is 2. The summed E-state index contributed by atoms with van der Waals surface area (Å²) in [5, 5.41) is 3.87. The maximum absolute atomic E-state index is 14.5. The predicted molar refractivity (Wildman–Crippen MR) is 188 cm³/mol. The molecule has 47 heavy (non-hydrogen) atoms. The first-order valence-corrected chi connectivity index (χ1v) is 17.6. The van der Waals surface area contributed by atoms with E-state index in [1.165, 1.54) is 42.3 Å². The zero-order valence-corrected chi connectivity index (χ0v) is 29.1. The van der Waals surface area contributed by atoms with Crippen LogP contribution < -0.4 is 14.4 Å². The molecule has 12 heteroatoms. The number of rotatable bonds is 15. The van der Waals surface area contributed by atoms with E-state index >= 15 is 0 Å². The molecule has 1 N–H and O–H groups in total. The Morgan fingerprint density at radius 1 is 0.851 bits per heavy atom. The van der Waals surface area contributed by atoms with Gasteiger partial charge in [0.15, 0.2) is 0 Å². The molecule has 4 aromatic rings. The van der Waals surface area contributed by atoms with Crippen LogP contribution in [0.1, 0.15) is 30.9 Å². The molecule has 0 bridgehead atoms. The van der Waals surface area contributed by atoms with Gasteiger partial charge in [-0.15, -0.1) is 0 Å². The highest BCUT2D eigenvalue weighted by Gasteiger charge is 2.34. The summed E-state index contributed by atoms with van der Waals surface area (Å²) in [6.07, 6.45) is 1.81. The van der Waals surface area contributed by atoms with Crippen molar-refractivity contribution in [2.24, 2.45) is 0 Å². The lowest BCUT2D eigenvalue weighted by Crippen LogP contribution is -2.53. The molecule has 0 aliphatic carbocycles. The Morgan fingerprint density at radius 3 is 2.21 bits per heavy atom. The van der Waals surface area contributed by atoms with Crippen molar-refractivity contribution >= 4 is 62.3 Å². The van der Waals surface area contributed by atoms with Crippen molar-refractivity contribution in [3.05, 3.63) is 123 Å². The summed E-state index contributed by atoms with van der Waals surface area (Å²) in [4.78, 5) is 29.7. The minimum atomic E-state index is -4.30. The molecule has 0 aliphatic heterocycles. The minimum Gasteiger partial charge on any atom is -0.497 e. The Bertz CT molecular complexity index is 1770. The van der Waals surface area contributed by atoms with Gasteiger partial charge < -0.3 is 15.0 Å². The fourth-order valence-corrected chi connectivity index (χ4v) is 6.84. The van der Waals surface area contributed by atoms with Gasteiger partial charge in [0.05, 0.1) is 27.7 Å². The predicted octanol–water partition coefficient (Wildman–Crippen LogP) is 7.41. The molecule has 0 fully saturated rings. The lowest BCUT2D eigenvalue weighted by Gasteiger charge is -2.34. The second kappa shape index (κ2) is 16.9. The van der Waals surface area contributed by atoms with Gasteiger partial charge in [0.1, 0.15) is 18.3 Å². The van der Waals surface area contributed by atoms with Crippen LogP contribution in [0.4, 0.5) is 5.69 Å². The van der Waals surface area contributed by atoms with Crippen molar-refractivity contribution in [1.29, 1.82) is 0 Å². The van der Waals surface area contributed by atoms with Crippen molar-refractivity contribution < 1.29 is 22.7 Å². The number of methoxy groups -OCH3 is 1. The maximum atomic E-state index is 14.5. The second-order valence-electron chi connectivity index (χ2n) is 10.8. The smallest absolute Gasteiger partial charge is 0.264 e. The number of nitrogens with one attached hydrogen (secondary N) is 1. The van der Waals surface area contributed by atoms with Gasteiger partial charge in [0.25, 0.3) is 10.0 Å². The summed E-state index contributed by atoms with van der Waals surface area (Å²) in [6, 6.07) is 25.4. The molecule has 1 unspecified atom stereocenters. The number of carbonyl (C=O) groups is 2. The summed E-state index contributed by atoms with van der Waals surface area (Å²) in [7, 11) is -2.82. The van der Waals surface area contributed by atoms with Crippen LogP contribution in [0, 0.1) is 0 Å². The molecule has 8 nitrogen and oxygen atoms in total. The number of benzene rings is 4. The summed E-state index contributed by atoms with van der Waals surface area (Å²) in [5.74, 6) is -0.497. The number of hydrogen-bond donors (Lipinski definition) is 1. The fourth-order valence-electron chi connectivity index (χ4n) is 4.93. The van der Waals surface area contributed by atoms with E-state index < -0.39 is 28.5 Å². The number of hydrogen-bond acceptors (Lipinski definition) is 5. The van der Waals surface area contributed by atoms with Gasteiger partial charge in [-0.3, -0.25) is 13.9 Å². The Kier molecular flexibility index (Phi) is 13.0. The largest absolute Gasteiger partial charge is 0.497 e. The van der Waals surface area contributed by atoms with Crippen molar-refractivity contribution in [1.82, 2.24) is 10.2 Å². The van der Waals surface area contributed by atoms with E-state index in [2.05, 4.69) is 5.32 Å². The van der Waals surface area contributed by atoms with Gasteiger partial charge in [-0.05, 0) is 72.1 Å². The topological polar surface area (TPSA) is 96.0 Å². The molecular weight excluding hydrogens is 681 g/mol. The highest BCUT2D eigenvalue weighted by Crippen LogP contribution is 2.29. The summed E-state index contributed by atoms with van der Waals surface area (Å²) in [5.41, 5.74) is 1.62. The third kappa shape index (κ3) is 9.64. The molecule has 0 saturated carbocycles. The van der Waals surface area contributed by atoms with Crippen LogP contribution in [0.5, 0.6) is 5.75 Å². The van der Waals surface area contributed by atoms with E-state index in [0.717, 1.165) is 22.7 Å². The Morgan fingerprint density at radius 2 is 1.57 bits per heavy atom. The highest BCUT2D eigenvalue weighted by atomic mass is 35.5. The van der Waals surface area contributed by atoms with Crippen molar-refractivity contribution in [2.75, 3.05) is 24.5 Å². The standard InChI is InChI=1S/C35H36Cl3N3O5S/c1-3-4-19-39-35(43)33(21-25-9-6-5-7-10-25)40(23-26-13-18-31(37)32(38)20-26)34(42)24-41(28-12-8-11-27(36)22-28)47(44,45)30-16-14-29(46-2)15-17-30/h5-18,20,22,33H,3-4,19,21,23-24H2,1-2H3,(H,39,43). The van der Waals surface area contributed by atoms with Gasteiger partial charge in [0, 0.05) is 24.5 Å². The number of anilines is 1. The molecule has 0 saturated heterocycles. The molecule has 1 atom stereocenters. The summed E-state index contributed by atoms with van der Waals surface area (Å²) in [6.45, 7) is 1.78. The average Bonchev–Trinajstić information content (AvgIpc) is 3.07. The molecule has 4 aromatic carbocycles. The second-order valence-corrected chi connectivity index (χ2v) is 13.9. The molecule has 0 aliphatic rings. The molecule has 248 valence electrons. The van der Waals surface area contributed by atoms with Crippen LogP contribution in [0.15, 0.2) is 102 Å². The SMILES string of the molecule is CCCCNC(=O)C(Cc1ccccc1)N(Cc1ccc(Cl)c(Cl)c1)C(=O)CN(c1cccc(Cl)c1)S(=O)(=O)c1ccc(OC)cc1. The Labute approximate surface area is 291 Å². The van der Waals surface area contributed by atoms with E-state index in [-0.39, 0.29) is 39.5 Å². The average molecular weight is 717 g/mol. The van der Waals surface area contributed by atoms with E-state index in [0.29, 0.717) is 22.9 Å². The zero-order chi connectivity index (χ0) is 34.0.